The molecular weight excluding hydrogens is 306 g/mol. The zero-order chi connectivity index (χ0) is 17.1. The highest BCUT2D eigenvalue weighted by Crippen LogP contribution is 2.25. The van der Waals surface area contributed by atoms with Crippen LogP contribution in [0.4, 0.5) is 4.79 Å². The number of amides is 3. The fraction of sp³-hybridized carbons (Fsp3) is 0.556. The summed E-state index contributed by atoms with van der Waals surface area (Å²) in [5, 5.41) is 5.08. The highest BCUT2D eigenvalue weighted by atomic mass is 16.5. The fourth-order valence-electron chi connectivity index (χ4n) is 3.34. The summed E-state index contributed by atoms with van der Waals surface area (Å²) in [5.41, 5.74) is 2.45. The molecule has 0 spiro atoms. The lowest BCUT2D eigenvalue weighted by atomic mass is 10.0. The highest BCUT2D eigenvalue weighted by Gasteiger charge is 2.28. The second-order valence-electron chi connectivity index (χ2n) is 6.74. The number of aryl methyl sites for hydroxylation is 1. The molecule has 0 aromatic heterocycles. The van der Waals surface area contributed by atoms with E-state index in [1.54, 1.807) is 0 Å². The third kappa shape index (κ3) is 4.06. The van der Waals surface area contributed by atoms with E-state index in [9.17, 15) is 9.59 Å². The van der Waals surface area contributed by atoms with E-state index in [4.69, 9.17) is 4.74 Å². The molecule has 2 aliphatic heterocycles. The summed E-state index contributed by atoms with van der Waals surface area (Å²) in [6.07, 6.45) is 2.50. The van der Waals surface area contributed by atoms with Crippen molar-refractivity contribution in [1.29, 1.82) is 0 Å². The molecule has 24 heavy (non-hydrogen) atoms. The summed E-state index contributed by atoms with van der Waals surface area (Å²) in [6.45, 7) is 6.75. The zero-order valence-corrected chi connectivity index (χ0v) is 14.3. The molecule has 3 rings (SSSR count). The predicted octanol–water partition coefficient (Wildman–Crippen LogP) is 1.74. The van der Waals surface area contributed by atoms with Gasteiger partial charge in [-0.05, 0) is 43.9 Å². The molecule has 1 unspecified atom stereocenters. The lowest BCUT2D eigenvalue weighted by Gasteiger charge is -2.35. The minimum Gasteiger partial charge on any atom is -0.490 e. The van der Waals surface area contributed by atoms with Crippen molar-refractivity contribution >= 4 is 11.9 Å². The third-order valence-electron chi connectivity index (χ3n) is 4.88. The van der Waals surface area contributed by atoms with E-state index in [-0.39, 0.29) is 24.1 Å². The van der Waals surface area contributed by atoms with E-state index in [0.717, 1.165) is 38.2 Å². The summed E-state index contributed by atoms with van der Waals surface area (Å²) in [7, 11) is 0. The first-order valence-corrected chi connectivity index (χ1v) is 8.57. The van der Waals surface area contributed by atoms with E-state index in [2.05, 4.69) is 35.4 Å². The van der Waals surface area contributed by atoms with Crippen molar-refractivity contribution < 1.29 is 14.3 Å². The van der Waals surface area contributed by atoms with Gasteiger partial charge >= 0.3 is 6.03 Å². The number of likely N-dealkylation sites (tertiary alicyclic amines) is 1. The van der Waals surface area contributed by atoms with Gasteiger partial charge < -0.3 is 15.0 Å². The SMILES string of the molecule is Cc1cccc(OC2CCN(CC3CC(=O)NC(=O)N3)CC2)c1C. The number of nitrogens with one attached hydrogen (secondary N) is 2. The molecule has 0 aliphatic carbocycles. The number of piperidine rings is 1. The number of urea groups is 1. The molecule has 1 aromatic carbocycles. The summed E-state index contributed by atoms with van der Waals surface area (Å²) in [5.74, 6) is 0.779. The monoisotopic (exact) mass is 331 g/mol. The van der Waals surface area contributed by atoms with E-state index in [1.165, 1.54) is 11.1 Å². The van der Waals surface area contributed by atoms with Gasteiger partial charge in [-0.1, -0.05) is 12.1 Å². The Morgan fingerprint density at radius 1 is 1.21 bits per heavy atom. The van der Waals surface area contributed by atoms with Gasteiger partial charge in [0.25, 0.3) is 0 Å². The molecule has 130 valence electrons. The van der Waals surface area contributed by atoms with Crippen molar-refractivity contribution in [1.82, 2.24) is 15.5 Å². The first-order valence-electron chi connectivity index (χ1n) is 8.57. The normalized spacial score (nSPS) is 22.8. The van der Waals surface area contributed by atoms with Gasteiger partial charge in [0.15, 0.2) is 0 Å². The van der Waals surface area contributed by atoms with Gasteiger partial charge in [-0.25, -0.2) is 4.79 Å². The number of ether oxygens (including phenoxy) is 1. The maximum Gasteiger partial charge on any atom is 0.321 e. The quantitative estimate of drug-likeness (QED) is 0.882. The standard InChI is InChI=1S/C18H25N3O3/c1-12-4-3-5-16(13(12)2)24-15-6-8-21(9-7-15)11-14-10-17(22)20-18(23)19-14/h3-5,14-15H,6-11H2,1-2H3,(H2,19,20,22,23). The van der Waals surface area contributed by atoms with Crippen molar-refractivity contribution in [2.75, 3.05) is 19.6 Å². The maximum atomic E-state index is 11.4. The molecule has 3 amide bonds. The fourth-order valence-corrected chi connectivity index (χ4v) is 3.34. The van der Waals surface area contributed by atoms with E-state index in [0.29, 0.717) is 6.42 Å². The van der Waals surface area contributed by atoms with Crippen molar-refractivity contribution in [3.63, 3.8) is 0 Å². The van der Waals surface area contributed by atoms with Crippen LogP contribution in [0.2, 0.25) is 0 Å². The van der Waals surface area contributed by atoms with Crippen LogP contribution >= 0.6 is 0 Å². The number of rotatable bonds is 4. The first kappa shape index (κ1) is 16.8. The number of imide groups is 1. The van der Waals surface area contributed by atoms with Crippen LogP contribution in [0.5, 0.6) is 5.75 Å². The minimum absolute atomic E-state index is 0.0947. The molecule has 2 aliphatic rings. The van der Waals surface area contributed by atoms with Crippen LogP contribution in [-0.4, -0.2) is 48.6 Å². The minimum atomic E-state index is -0.385. The molecule has 0 saturated carbocycles. The Kier molecular flexibility index (Phi) is 5.04. The smallest absolute Gasteiger partial charge is 0.321 e. The van der Waals surface area contributed by atoms with Crippen molar-refractivity contribution in [2.45, 2.75) is 45.3 Å². The van der Waals surface area contributed by atoms with Crippen molar-refractivity contribution in [3.8, 4) is 5.75 Å². The lowest BCUT2D eigenvalue weighted by molar-refractivity contribution is -0.121. The topological polar surface area (TPSA) is 70.7 Å². The Balaban J connectivity index is 1.48. The van der Waals surface area contributed by atoms with Gasteiger partial charge in [-0.2, -0.15) is 0 Å². The number of hydrogen-bond acceptors (Lipinski definition) is 4. The Hall–Kier alpha value is -2.08. The molecule has 1 atom stereocenters. The van der Waals surface area contributed by atoms with Crippen molar-refractivity contribution in [3.05, 3.63) is 29.3 Å². The average molecular weight is 331 g/mol. The molecule has 2 heterocycles. The largest absolute Gasteiger partial charge is 0.490 e. The zero-order valence-electron chi connectivity index (χ0n) is 14.3. The molecule has 2 N–H and O–H groups in total. The predicted molar refractivity (Wildman–Crippen MR) is 91.1 cm³/mol. The number of carbonyl (C=O) groups is 2. The van der Waals surface area contributed by atoms with Gasteiger partial charge in [0.05, 0.1) is 6.04 Å². The maximum absolute atomic E-state index is 11.4. The van der Waals surface area contributed by atoms with E-state index in [1.807, 2.05) is 12.1 Å². The Morgan fingerprint density at radius 2 is 1.96 bits per heavy atom. The molecule has 6 nitrogen and oxygen atoms in total. The van der Waals surface area contributed by atoms with Gasteiger partial charge in [-0.15, -0.1) is 0 Å². The number of nitrogens with zero attached hydrogens (tertiary/aromatic N) is 1. The molecule has 6 heteroatoms. The van der Waals surface area contributed by atoms with Gasteiger partial charge in [0.2, 0.25) is 5.91 Å². The van der Waals surface area contributed by atoms with Crippen LogP contribution in [0.15, 0.2) is 18.2 Å². The molecule has 1 aromatic rings. The summed E-state index contributed by atoms with van der Waals surface area (Å²) in [4.78, 5) is 25.1. The third-order valence-corrected chi connectivity index (χ3v) is 4.88. The molecular formula is C18H25N3O3. The molecule has 0 radical (unpaired) electrons. The lowest BCUT2D eigenvalue weighted by Crippen LogP contribution is -2.56. The van der Waals surface area contributed by atoms with Gasteiger partial charge in [0.1, 0.15) is 11.9 Å². The highest BCUT2D eigenvalue weighted by molar-refractivity contribution is 5.97. The average Bonchev–Trinajstić information content (AvgIpc) is 2.53. The van der Waals surface area contributed by atoms with Crippen LogP contribution < -0.4 is 15.4 Å². The Bertz CT molecular complexity index is 608. The summed E-state index contributed by atoms with van der Waals surface area (Å²) < 4.78 is 6.18. The van der Waals surface area contributed by atoms with Crippen LogP contribution in [0, 0.1) is 13.8 Å². The van der Waals surface area contributed by atoms with Gasteiger partial charge in [-0.3, -0.25) is 10.1 Å². The van der Waals surface area contributed by atoms with Gasteiger partial charge in [0, 0.05) is 26.1 Å². The Labute approximate surface area is 142 Å². The van der Waals surface area contributed by atoms with E-state index < -0.39 is 0 Å². The number of hydrogen-bond donors (Lipinski definition) is 2. The Morgan fingerprint density at radius 3 is 2.67 bits per heavy atom. The second kappa shape index (κ2) is 7.21. The van der Waals surface area contributed by atoms with E-state index >= 15 is 0 Å². The molecule has 2 fully saturated rings. The summed E-state index contributed by atoms with van der Waals surface area (Å²) >= 11 is 0. The number of benzene rings is 1. The second-order valence-corrected chi connectivity index (χ2v) is 6.74. The first-order chi connectivity index (χ1) is 11.5. The molecule has 2 saturated heterocycles. The molecule has 0 bridgehead atoms. The summed E-state index contributed by atoms with van der Waals surface area (Å²) in [6, 6.07) is 5.68. The number of carbonyl (C=O) groups excluding carboxylic acids is 2. The van der Waals surface area contributed by atoms with Crippen LogP contribution in [0.3, 0.4) is 0 Å². The van der Waals surface area contributed by atoms with Crippen LogP contribution in [-0.2, 0) is 4.79 Å². The van der Waals surface area contributed by atoms with Crippen LogP contribution in [0.1, 0.15) is 30.4 Å². The van der Waals surface area contributed by atoms with Crippen molar-refractivity contribution in [2.24, 2.45) is 0 Å². The van der Waals surface area contributed by atoms with Crippen LogP contribution in [0.25, 0.3) is 0 Å².